The summed E-state index contributed by atoms with van der Waals surface area (Å²) in [5.41, 5.74) is 10.5. The van der Waals surface area contributed by atoms with Crippen LogP contribution in [0.3, 0.4) is 0 Å². The number of carbonyl (C=O) groups excluding carboxylic acids is 2. The van der Waals surface area contributed by atoms with E-state index in [9.17, 15) is 9.59 Å². The summed E-state index contributed by atoms with van der Waals surface area (Å²) < 4.78 is 6.12. The van der Waals surface area contributed by atoms with Gasteiger partial charge >= 0.3 is 0 Å². The van der Waals surface area contributed by atoms with Crippen LogP contribution in [-0.4, -0.2) is 77.8 Å². The van der Waals surface area contributed by atoms with Crippen molar-refractivity contribution in [3.63, 3.8) is 0 Å². The van der Waals surface area contributed by atoms with Crippen LogP contribution in [-0.2, 0) is 17.8 Å². The standard InChI is InChI=1S/C29H31ClN6O2.C4H6O/c1-34-17-20-2-3-22(30)12-21(20)13-24(34)18-35-8-10-36(11-9-35)23-4-5-26(28(31)37)27(15-23)38-25-14-19-6-7-32-29(19)33-16-25;5-3-4-1-2-4/h2-7,12,14-16,24H,8-11,13,17-18H2,1H3,(H2,31,37)(H,32,33);3-4H,1-2H2. The minimum atomic E-state index is -0.522. The normalized spacial score (nSPS) is 18.9. The number of aromatic amines is 1. The van der Waals surface area contributed by atoms with Gasteiger partial charge in [0.2, 0.25) is 0 Å². The molecule has 2 aromatic carbocycles. The quantitative estimate of drug-likeness (QED) is 0.291. The Labute approximate surface area is 256 Å². The number of carbonyl (C=O) groups is 2. The molecule has 1 amide bonds. The third kappa shape index (κ3) is 7.01. The highest BCUT2D eigenvalue weighted by Crippen LogP contribution is 2.32. The molecule has 1 saturated heterocycles. The third-order valence-electron chi connectivity index (χ3n) is 8.52. The highest BCUT2D eigenvalue weighted by Gasteiger charge is 2.27. The van der Waals surface area contributed by atoms with Crippen LogP contribution < -0.4 is 15.4 Å². The number of hydrogen-bond donors (Lipinski definition) is 2. The average molecular weight is 601 g/mol. The van der Waals surface area contributed by atoms with Crippen molar-refractivity contribution in [2.45, 2.75) is 31.8 Å². The highest BCUT2D eigenvalue weighted by atomic mass is 35.5. The number of hydrogen-bond acceptors (Lipinski definition) is 7. The fraction of sp³-hybridized carbons (Fsp3) is 0.364. The number of halogens is 1. The van der Waals surface area contributed by atoms with Crippen LogP contribution in [0.25, 0.3) is 11.0 Å². The van der Waals surface area contributed by atoms with Gasteiger partial charge in [0.05, 0.1) is 11.8 Å². The molecule has 1 saturated carbocycles. The molecule has 2 aliphatic heterocycles. The Kier molecular flexibility index (Phi) is 8.65. The number of piperazine rings is 1. The largest absolute Gasteiger partial charge is 0.455 e. The predicted molar refractivity (Wildman–Crippen MR) is 169 cm³/mol. The lowest BCUT2D eigenvalue weighted by Gasteiger charge is -2.41. The Morgan fingerprint density at radius 3 is 2.63 bits per heavy atom. The van der Waals surface area contributed by atoms with Crippen molar-refractivity contribution in [1.82, 2.24) is 19.8 Å². The molecule has 0 spiro atoms. The number of aromatic nitrogens is 2. The van der Waals surface area contributed by atoms with Crippen molar-refractivity contribution >= 4 is 40.5 Å². The van der Waals surface area contributed by atoms with Crippen molar-refractivity contribution in [2.24, 2.45) is 11.7 Å². The van der Waals surface area contributed by atoms with Crippen molar-refractivity contribution in [2.75, 3.05) is 44.7 Å². The van der Waals surface area contributed by atoms with Gasteiger partial charge in [-0.25, -0.2) is 4.98 Å². The van der Waals surface area contributed by atoms with Crippen molar-refractivity contribution in [1.29, 1.82) is 0 Å². The van der Waals surface area contributed by atoms with Gasteiger partial charge in [0.15, 0.2) is 0 Å². The number of pyridine rings is 1. The Balaban J connectivity index is 0.000000599. The number of anilines is 1. The zero-order chi connectivity index (χ0) is 29.9. The maximum absolute atomic E-state index is 12.1. The summed E-state index contributed by atoms with van der Waals surface area (Å²) in [6.45, 7) is 5.71. The van der Waals surface area contributed by atoms with Gasteiger partial charge in [0, 0.05) is 79.6 Å². The molecule has 7 rings (SSSR count). The lowest BCUT2D eigenvalue weighted by Crippen LogP contribution is -2.52. The number of H-pyrrole nitrogens is 1. The van der Waals surface area contributed by atoms with Crippen LogP contribution in [0.1, 0.15) is 34.3 Å². The predicted octanol–water partition coefficient (Wildman–Crippen LogP) is 4.88. The van der Waals surface area contributed by atoms with Crippen molar-refractivity contribution in [3.05, 3.63) is 82.6 Å². The number of ether oxygens (including phenoxy) is 1. The number of nitrogens with two attached hydrogens (primary N) is 1. The number of benzene rings is 2. The molecule has 0 radical (unpaired) electrons. The van der Waals surface area contributed by atoms with Gasteiger partial charge in [-0.3, -0.25) is 14.6 Å². The van der Waals surface area contributed by atoms with Crippen LogP contribution >= 0.6 is 11.6 Å². The molecular weight excluding hydrogens is 564 g/mol. The second kappa shape index (κ2) is 12.8. The number of likely N-dealkylation sites (N-methyl/N-ethyl adjacent to an activating group) is 1. The van der Waals surface area contributed by atoms with Gasteiger partial charge in [-0.2, -0.15) is 0 Å². The molecule has 1 aliphatic carbocycles. The fourth-order valence-corrected chi connectivity index (χ4v) is 5.96. The molecular formula is C33H37ClN6O3. The fourth-order valence-electron chi connectivity index (χ4n) is 5.77. The Bertz CT molecular complexity index is 1610. The Hall–Kier alpha value is -3.92. The molecule has 4 aromatic rings. The number of nitrogens with zero attached hydrogens (tertiary/aromatic N) is 4. The number of primary amides is 1. The summed E-state index contributed by atoms with van der Waals surface area (Å²) in [6.07, 6.45) is 7.80. The molecule has 3 aliphatic rings. The summed E-state index contributed by atoms with van der Waals surface area (Å²) in [7, 11) is 2.21. The Morgan fingerprint density at radius 2 is 1.91 bits per heavy atom. The minimum absolute atomic E-state index is 0.349. The molecule has 2 fully saturated rings. The van der Waals surface area contributed by atoms with Gasteiger partial charge in [-0.05, 0) is 73.8 Å². The number of rotatable bonds is 7. The summed E-state index contributed by atoms with van der Waals surface area (Å²) in [6, 6.07) is 16.2. The molecule has 0 bridgehead atoms. The van der Waals surface area contributed by atoms with E-state index in [0.29, 0.717) is 29.0 Å². The minimum Gasteiger partial charge on any atom is -0.455 e. The molecule has 224 valence electrons. The van der Waals surface area contributed by atoms with E-state index in [-0.39, 0.29) is 0 Å². The van der Waals surface area contributed by atoms with E-state index < -0.39 is 5.91 Å². The first-order chi connectivity index (χ1) is 20.9. The van der Waals surface area contributed by atoms with Gasteiger partial charge in [-0.15, -0.1) is 0 Å². The lowest BCUT2D eigenvalue weighted by molar-refractivity contribution is -0.108. The van der Waals surface area contributed by atoms with E-state index in [1.165, 1.54) is 11.1 Å². The SMILES string of the molecule is CN1Cc2ccc(Cl)cc2CC1CN1CCN(c2ccc(C(N)=O)c(Oc3cnc4[nH]ccc4c3)c2)CC1.O=CC1CC1. The number of nitrogens with one attached hydrogen (secondary N) is 1. The maximum Gasteiger partial charge on any atom is 0.252 e. The molecule has 2 aromatic heterocycles. The van der Waals surface area contributed by atoms with Crippen molar-refractivity contribution in [3.8, 4) is 11.5 Å². The van der Waals surface area contributed by atoms with E-state index in [1.54, 1.807) is 12.3 Å². The monoisotopic (exact) mass is 600 g/mol. The van der Waals surface area contributed by atoms with Crippen molar-refractivity contribution < 1.29 is 14.3 Å². The van der Waals surface area contributed by atoms with E-state index >= 15 is 0 Å². The van der Waals surface area contributed by atoms with Crippen LogP contribution in [0, 0.1) is 5.92 Å². The second-order valence-electron chi connectivity index (χ2n) is 11.7. The molecule has 9 nitrogen and oxygen atoms in total. The number of fused-ring (bicyclic) bond motifs is 2. The van der Waals surface area contributed by atoms with E-state index in [2.05, 4.69) is 43.8 Å². The van der Waals surface area contributed by atoms with Crippen LogP contribution in [0.4, 0.5) is 5.69 Å². The molecule has 10 heteroatoms. The summed E-state index contributed by atoms with van der Waals surface area (Å²) in [5, 5.41) is 1.75. The van der Waals surface area contributed by atoms with Gasteiger partial charge in [0.25, 0.3) is 5.91 Å². The van der Waals surface area contributed by atoms with E-state index in [4.69, 9.17) is 22.1 Å². The summed E-state index contributed by atoms with van der Waals surface area (Å²) >= 11 is 6.26. The maximum atomic E-state index is 12.1. The van der Waals surface area contributed by atoms with Gasteiger partial charge < -0.3 is 25.1 Å². The summed E-state index contributed by atoms with van der Waals surface area (Å²) in [4.78, 5) is 36.5. The average Bonchev–Trinajstić information content (AvgIpc) is 3.74. The van der Waals surface area contributed by atoms with E-state index in [1.807, 2.05) is 36.5 Å². The first kappa shape index (κ1) is 29.2. The second-order valence-corrected chi connectivity index (χ2v) is 12.1. The third-order valence-corrected chi connectivity index (χ3v) is 8.76. The number of amides is 1. The van der Waals surface area contributed by atoms with Crippen LogP contribution in [0.5, 0.6) is 11.5 Å². The molecule has 4 heterocycles. The molecule has 43 heavy (non-hydrogen) atoms. The first-order valence-electron chi connectivity index (χ1n) is 14.8. The lowest BCUT2D eigenvalue weighted by atomic mass is 9.94. The van der Waals surface area contributed by atoms with Crippen LogP contribution in [0.15, 0.2) is 60.9 Å². The highest BCUT2D eigenvalue weighted by molar-refractivity contribution is 6.30. The molecule has 1 unspecified atom stereocenters. The summed E-state index contributed by atoms with van der Waals surface area (Å²) in [5.74, 6) is 0.929. The van der Waals surface area contributed by atoms with Gasteiger partial charge in [0.1, 0.15) is 23.4 Å². The number of aldehydes is 1. The zero-order valence-corrected chi connectivity index (χ0v) is 25.1. The topological polar surface area (TPSA) is 108 Å². The smallest absolute Gasteiger partial charge is 0.252 e. The van der Waals surface area contributed by atoms with Gasteiger partial charge in [-0.1, -0.05) is 17.7 Å². The zero-order valence-electron chi connectivity index (χ0n) is 24.3. The molecule has 1 atom stereocenters. The first-order valence-corrected chi connectivity index (χ1v) is 15.2. The van der Waals surface area contributed by atoms with Crippen LogP contribution in [0.2, 0.25) is 5.02 Å². The van der Waals surface area contributed by atoms with E-state index in [0.717, 1.165) is 86.6 Å². The Morgan fingerprint density at radius 1 is 1.09 bits per heavy atom. The molecule has 3 N–H and O–H groups in total.